The van der Waals surface area contributed by atoms with Gasteiger partial charge in [-0.25, -0.2) is 0 Å². The van der Waals surface area contributed by atoms with Crippen molar-refractivity contribution in [2.45, 2.75) is 9.79 Å². The average Bonchev–Trinajstić information content (AvgIpc) is 3.36. The zero-order chi connectivity index (χ0) is 26.2. The van der Waals surface area contributed by atoms with Crippen LogP contribution < -0.4 is 0 Å². The van der Waals surface area contributed by atoms with Crippen LogP contribution in [0.4, 0.5) is 0 Å². The van der Waals surface area contributed by atoms with Crippen LogP contribution >= 0.6 is 11.8 Å². The zero-order valence-corrected chi connectivity index (χ0v) is 22.5. The van der Waals surface area contributed by atoms with Crippen LogP contribution in [0.1, 0.15) is 0 Å². The lowest BCUT2D eigenvalue weighted by atomic mass is 9.89. The maximum atomic E-state index is 2.43. The Kier molecular flexibility index (Phi) is 4.61. The van der Waals surface area contributed by atoms with Gasteiger partial charge in [-0.1, -0.05) is 115 Å². The van der Waals surface area contributed by atoms with Crippen molar-refractivity contribution >= 4 is 55.1 Å². The molecule has 40 heavy (non-hydrogen) atoms. The second-order valence-electron chi connectivity index (χ2n) is 10.5. The van der Waals surface area contributed by atoms with E-state index in [2.05, 4.69) is 144 Å². The highest BCUT2D eigenvalue weighted by Gasteiger charge is 2.22. The summed E-state index contributed by atoms with van der Waals surface area (Å²) in [6.45, 7) is 0. The van der Waals surface area contributed by atoms with Gasteiger partial charge in [0.1, 0.15) is 0 Å². The Bertz CT molecular complexity index is 2290. The minimum atomic E-state index is 1.18. The van der Waals surface area contributed by atoms with Gasteiger partial charge >= 0.3 is 0 Å². The van der Waals surface area contributed by atoms with Crippen LogP contribution in [-0.4, -0.2) is 4.57 Å². The summed E-state index contributed by atoms with van der Waals surface area (Å²) in [6.07, 6.45) is 0. The first-order chi connectivity index (χ1) is 19.9. The Morgan fingerprint density at radius 1 is 0.375 bits per heavy atom. The summed E-state index contributed by atoms with van der Waals surface area (Å²) in [6, 6.07) is 51.2. The second-order valence-corrected chi connectivity index (χ2v) is 11.6. The molecule has 0 unspecified atom stereocenters. The van der Waals surface area contributed by atoms with E-state index in [1.807, 2.05) is 11.8 Å². The average molecular weight is 526 g/mol. The van der Waals surface area contributed by atoms with Crippen molar-refractivity contribution in [2.75, 3.05) is 0 Å². The van der Waals surface area contributed by atoms with Gasteiger partial charge in [-0.3, -0.25) is 0 Å². The molecule has 0 aliphatic carbocycles. The molecule has 1 aliphatic rings. The number of aromatic nitrogens is 1. The van der Waals surface area contributed by atoms with Crippen LogP contribution in [0, 0.1) is 0 Å². The van der Waals surface area contributed by atoms with Crippen molar-refractivity contribution in [1.29, 1.82) is 0 Å². The highest BCUT2D eigenvalue weighted by molar-refractivity contribution is 7.99. The van der Waals surface area contributed by atoms with Crippen molar-refractivity contribution in [3.05, 3.63) is 140 Å². The predicted molar refractivity (Wildman–Crippen MR) is 171 cm³/mol. The number of rotatable bonds is 2. The van der Waals surface area contributed by atoms with Crippen molar-refractivity contribution in [3.63, 3.8) is 0 Å². The first-order valence-corrected chi connectivity index (χ1v) is 14.5. The molecule has 0 saturated heterocycles. The fourth-order valence-electron chi connectivity index (χ4n) is 6.72. The van der Waals surface area contributed by atoms with Gasteiger partial charge in [-0.15, -0.1) is 0 Å². The first-order valence-electron chi connectivity index (χ1n) is 13.7. The molecule has 0 bridgehead atoms. The van der Waals surface area contributed by atoms with E-state index < -0.39 is 0 Å². The quantitative estimate of drug-likeness (QED) is 0.217. The van der Waals surface area contributed by atoms with Gasteiger partial charge in [0.2, 0.25) is 0 Å². The van der Waals surface area contributed by atoms with Gasteiger partial charge in [-0.05, 0) is 74.8 Å². The Labute approximate surface area is 236 Å². The van der Waals surface area contributed by atoms with Crippen LogP contribution in [0.25, 0.3) is 71.3 Å². The Morgan fingerprint density at radius 3 is 1.98 bits per heavy atom. The topological polar surface area (TPSA) is 4.93 Å². The molecule has 186 valence electrons. The number of fused-ring (bicyclic) bond motifs is 7. The SMILES string of the molecule is c1ccc(-n2c3ccccc3c3c4ccccc4c(-c4ccc5c6c(cccc46)-c4ccccc4S5)cc32)cc1. The van der Waals surface area contributed by atoms with Gasteiger partial charge in [0.15, 0.2) is 0 Å². The van der Waals surface area contributed by atoms with Crippen LogP contribution in [-0.2, 0) is 0 Å². The minimum Gasteiger partial charge on any atom is -0.309 e. The molecule has 2 heterocycles. The van der Waals surface area contributed by atoms with Gasteiger partial charge in [-0.2, -0.15) is 0 Å². The summed E-state index contributed by atoms with van der Waals surface area (Å²) in [5.41, 5.74) is 8.86. The van der Waals surface area contributed by atoms with Crippen LogP contribution in [0.5, 0.6) is 0 Å². The molecule has 9 rings (SSSR count). The summed E-state index contributed by atoms with van der Waals surface area (Å²) >= 11 is 1.88. The van der Waals surface area contributed by atoms with Gasteiger partial charge in [0.05, 0.1) is 11.0 Å². The molecule has 0 N–H and O–H groups in total. The standard InChI is InChI=1S/C38H23NS/c1-2-11-24(12-3-1)39-33-19-8-6-16-31(33)37-28-15-5-4-13-25(28)32(23-34(37)39)26-21-22-36-38-29(26)17-10-18-30(38)27-14-7-9-20-35(27)40-36/h1-23H. The molecule has 0 amide bonds. The molecule has 0 atom stereocenters. The summed E-state index contributed by atoms with van der Waals surface area (Å²) in [5, 5.41) is 7.84. The van der Waals surface area contributed by atoms with Gasteiger partial charge in [0.25, 0.3) is 0 Å². The minimum absolute atomic E-state index is 1.18. The monoisotopic (exact) mass is 525 g/mol. The third kappa shape index (κ3) is 3.00. The fourth-order valence-corrected chi connectivity index (χ4v) is 7.85. The van der Waals surface area contributed by atoms with Crippen LogP contribution in [0.3, 0.4) is 0 Å². The number of para-hydroxylation sites is 2. The van der Waals surface area contributed by atoms with Crippen molar-refractivity contribution < 1.29 is 0 Å². The van der Waals surface area contributed by atoms with Gasteiger partial charge < -0.3 is 4.57 Å². The largest absolute Gasteiger partial charge is 0.309 e. The van der Waals surface area contributed by atoms with E-state index >= 15 is 0 Å². The molecular formula is C38H23NS. The molecule has 0 spiro atoms. The highest BCUT2D eigenvalue weighted by Crippen LogP contribution is 2.50. The lowest BCUT2D eigenvalue weighted by Crippen LogP contribution is -1.96. The van der Waals surface area contributed by atoms with Crippen LogP contribution in [0.15, 0.2) is 149 Å². The predicted octanol–water partition coefficient (Wildman–Crippen LogP) is 10.9. The Hall–Kier alpha value is -4.79. The lowest BCUT2D eigenvalue weighted by molar-refractivity contribution is 1.18. The smallest absolute Gasteiger partial charge is 0.0553 e. The lowest BCUT2D eigenvalue weighted by Gasteiger charge is -2.22. The number of nitrogens with zero attached hydrogens (tertiary/aromatic N) is 1. The first kappa shape index (κ1) is 22.1. The summed E-state index contributed by atoms with van der Waals surface area (Å²) in [7, 11) is 0. The Morgan fingerprint density at radius 2 is 1.07 bits per heavy atom. The van der Waals surface area contributed by atoms with Crippen molar-refractivity contribution in [2.24, 2.45) is 0 Å². The van der Waals surface area contributed by atoms with E-state index in [4.69, 9.17) is 0 Å². The summed E-state index contributed by atoms with van der Waals surface area (Å²) in [4.78, 5) is 2.66. The molecule has 1 nitrogen and oxygen atoms in total. The van der Waals surface area contributed by atoms with E-state index in [0.29, 0.717) is 0 Å². The van der Waals surface area contributed by atoms with E-state index in [1.54, 1.807) is 0 Å². The summed E-state index contributed by atoms with van der Waals surface area (Å²) < 4.78 is 2.43. The van der Waals surface area contributed by atoms with E-state index in [0.717, 1.165) is 0 Å². The van der Waals surface area contributed by atoms with E-state index in [-0.39, 0.29) is 0 Å². The maximum Gasteiger partial charge on any atom is 0.0553 e. The molecule has 2 heteroatoms. The molecule has 0 saturated carbocycles. The molecule has 1 aliphatic heterocycles. The molecular weight excluding hydrogens is 502 g/mol. The molecule has 0 radical (unpaired) electrons. The van der Waals surface area contributed by atoms with Crippen molar-refractivity contribution in [3.8, 4) is 27.9 Å². The fraction of sp³-hybridized carbons (Fsp3) is 0. The third-order valence-corrected chi connectivity index (χ3v) is 9.52. The van der Waals surface area contributed by atoms with Gasteiger partial charge in [0, 0.05) is 31.6 Å². The number of hydrogen-bond acceptors (Lipinski definition) is 1. The molecule has 8 aromatic rings. The maximum absolute atomic E-state index is 2.43. The number of benzene rings is 7. The third-order valence-electron chi connectivity index (χ3n) is 8.38. The zero-order valence-electron chi connectivity index (χ0n) is 21.6. The van der Waals surface area contributed by atoms with E-state index in [9.17, 15) is 0 Å². The summed E-state index contributed by atoms with van der Waals surface area (Å²) in [5.74, 6) is 0. The molecule has 7 aromatic carbocycles. The molecule has 0 fully saturated rings. The molecule has 1 aromatic heterocycles. The second kappa shape index (κ2) is 8.35. The van der Waals surface area contributed by atoms with Crippen LogP contribution in [0.2, 0.25) is 0 Å². The Balaban J connectivity index is 1.44. The van der Waals surface area contributed by atoms with Crippen molar-refractivity contribution in [1.82, 2.24) is 4.57 Å². The van der Waals surface area contributed by atoms with E-state index in [1.165, 1.54) is 81.1 Å². The highest BCUT2D eigenvalue weighted by atomic mass is 32.2. The normalized spacial score (nSPS) is 12.4. The number of hydrogen-bond donors (Lipinski definition) is 0.